The van der Waals surface area contributed by atoms with Crippen molar-refractivity contribution in [1.82, 2.24) is 0 Å². The molecule has 2 aromatic rings. The standard InChI is InChI=1S/C23H28O4/c1-4-16-25-21-12-14-22(15-13-21)27-23(24)19-8-10-20(11-9-19)26-17-6-7-18(3)5-2/h5,8-15,18H,2,4,6-7,16-17H2,1,3H3. The van der Waals surface area contributed by atoms with Gasteiger partial charge in [-0.2, -0.15) is 0 Å². The number of rotatable bonds is 11. The molecule has 0 aliphatic heterocycles. The average molecular weight is 368 g/mol. The van der Waals surface area contributed by atoms with Gasteiger partial charge in [0.1, 0.15) is 17.2 Å². The van der Waals surface area contributed by atoms with Crippen molar-refractivity contribution < 1.29 is 19.0 Å². The van der Waals surface area contributed by atoms with Crippen molar-refractivity contribution in [3.63, 3.8) is 0 Å². The van der Waals surface area contributed by atoms with Crippen molar-refractivity contribution in [2.45, 2.75) is 33.1 Å². The maximum atomic E-state index is 12.2. The van der Waals surface area contributed by atoms with Gasteiger partial charge in [-0.1, -0.05) is 19.9 Å². The summed E-state index contributed by atoms with van der Waals surface area (Å²) in [4.78, 5) is 12.2. The van der Waals surface area contributed by atoms with Gasteiger partial charge in [0.15, 0.2) is 0 Å². The zero-order chi connectivity index (χ0) is 19.5. The van der Waals surface area contributed by atoms with Gasteiger partial charge in [0, 0.05) is 0 Å². The highest BCUT2D eigenvalue weighted by Gasteiger charge is 2.09. The Morgan fingerprint density at radius 3 is 2.11 bits per heavy atom. The molecule has 2 rings (SSSR count). The molecule has 0 spiro atoms. The summed E-state index contributed by atoms with van der Waals surface area (Å²) >= 11 is 0. The zero-order valence-corrected chi connectivity index (χ0v) is 16.1. The fourth-order valence-electron chi connectivity index (χ4n) is 2.39. The minimum absolute atomic E-state index is 0.399. The molecule has 0 aliphatic carbocycles. The van der Waals surface area contributed by atoms with Crippen molar-refractivity contribution in [1.29, 1.82) is 0 Å². The average Bonchev–Trinajstić information content (AvgIpc) is 2.71. The van der Waals surface area contributed by atoms with E-state index in [0.29, 0.717) is 30.4 Å². The van der Waals surface area contributed by atoms with E-state index in [9.17, 15) is 4.79 Å². The lowest BCUT2D eigenvalue weighted by molar-refractivity contribution is 0.0734. The number of benzene rings is 2. The lowest BCUT2D eigenvalue weighted by Gasteiger charge is -2.09. The van der Waals surface area contributed by atoms with Crippen molar-refractivity contribution in [3.8, 4) is 17.2 Å². The Hall–Kier alpha value is -2.75. The highest BCUT2D eigenvalue weighted by molar-refractivity contribution is 5.91. The number of carbonyl (C=O) groups excluding carboxylic acids is 1. The number of esters is 1. The van der Waals surface area contributed by atoms with Crippen molar-refractivity contribution in [3.05, 3.63) is 66.7 Å². The minimum atomic E-state index is -0.399. The van der Waals surface area contributed by atoms with E-state index >= 15 is 0 Å². The molecule has 144 valence electrons. The van der Waals surface area contributed by atoms with Crippen molar-refractivity contribution >= 4 is 5.97 Å². The fourth-order valence-corrected chi connectivity index (χ4v) is 2.39. The Labute approximate surface area is 161 Å². The molecular weight excluding hydrogens is 340 g/mol. The Bertz CT molecular complexity index is 704. The van der Waals surface area contributed by atoms with E-state index in [2.05, 4.69) is 20.4 Å². The summed E-state index contributed by atoms with van der Waals surface area (Å²) < 4.78 is 16.6. The molecular formula is C23H28O4. The molecule has 0 saturated carbocycles. The van der Waals surface area contributed by atoms with Crippen LogP contribution in [0, 0.1) is 5.92 Å². The van der Waals surface area contributed by atoms with Gasteiger partial charge in [-0.25, -0.2) is 4.79 Å². The van der Waals surface area contributed by atoms with Crippen LogP contribution in [-0.4, -0.2) is 19.2 Å². The molecule has 2 aromatic carbocycles. The van der Waals surface area contributed by atoms with E-state index in [4.69, 9.17) is 14.2 Å². The summed E-state index contributed by atoms with van der Waals surface area (Å²) in [6.45, 7) is 9.28. The van der Waals surface area contributed by atoms with Gasteiger partial charge in [-0.3, -0.25) is 0 Å². The predicted octanol–water partition coefficient (Wildman–Crippen LogP) is 5.68. The van der Waals surface area contributed by atoms with Crippen LogP contribution < -0.4 is 14.2 Å². The van der Waals surface area contributed by atoms with Crippen LogP contribution in [-0.2, 0) is 0 Å². The molecule has 0 amide bonds. The van der Waals surface area contributed by atoms with E-state index in [-0.39, 0.29) is 0 Å². The number of hydrogen-bond acceptors (Lipinski definition) is 4. The molecule has 1 unspecified atom stereocenters. The Morgan fingerprint density at radius 2 is 1.52 bits per heavy atom. The maximum absolute atomic E-state index is 12.2. The monoisotopic (exact) mass is 368 g/mol. The summed E-state index contributed by atoms with van der Waals surface area (Å²) in [5.74, 6) is 2.10. The Morgan fingerprint density at radius 1 is 0.963 bits per heavy atom. The molecule has 0 N–H and O–H groups in total. The third-order valence-electron chi connectivity index (χ3n) is 4.07. The SMILES string of the molecule is C=CC(C)CCCOc1ccc(C(=O)Oc2ccc(OCCC)cc2)cc1. The first-order chi connectivity index (χ1) is 13.1. The van der Waals surface area contributed by atoms with Gasteiger partial charge in [-0.05, 0) is 73.7 Å². The van der Waals surface area contributed by atoms with E-state index in [1.807, 2.05) is 6.08 Å². The van der Waals surface area contributed by atoms with Gasteiger partial charge >= 0.3 is 5.97 Å². The normalized spacial score (nSPS) is 11.5. The van der Waals surface area contributed by atoms with Crippen LogP contribution in [0.5, 0.6) is 17.2 Å². The van der Waals surface area contributed by atoms with Crippen LogP contribution >= 0.6 is 0 Å². The number of carbonyl (C=O) groups is 1. The smallest absolute Gasteiger partial charge is 0.343 e. The van der Waals surface area contributed by atoms with E-state index in [1.165, 1.54) is 0 Å². The molecule has 0 fully saturated rings. The summed E-state index contributed by atoms with van der Waals surface area (Å²) in [5.41, 5.74) is 0.480. The third-order valence-corrected chi connectivity index (χ3v) is 4.07. The zero-order valence-electron chi connectivity index (χ0n) is 16.1. The topological polar surface area (TPSA) is 44.8 Å². The maximum Gasteiger partial charge on any atom is 0.343 e. The summed E-state index contributed by atoms with van der Waals surface area (Å²) in [6.07, 6.45) is 4.92. The summed E-state index contributed by atoms with van der Waals surface area (Å²) in [6, 6.07) is 14.0. The molecule has 4 heteroatoms. The molecule has 0 radical (unpaired) electrons. The highest BCUT2D eigenvalue weighted by atomic mass is 16.5. The minimum Gasteiger partial charge on any atom is -0.494 e. The fraction of sp³-hybridized carbons (Fsp3) is 0.348. The molecule has 0 aliphatic rings. The van der Waals surface area contributed by atoms with Crippen LogP contribution in [0.1, 0.15) is 43.5 Å². The van der Waals surface area contributed by atoms with Crippen LogP contribution in [0.4, 0.5) is 0 Å². The van der Waals surface area contributed by atoms with E-state index in [0.717, 1.165) is 30.8 Å². The molecule has 1 atom stereocenters. The number of ether oxygens (including phenoxy) is 3. The van der Waals surface area contributed by atoms with Crippen LogP contribution in [0.2, 0.25) is 0 Å². The lowest BCUT2D eigenvalue weighted by Crippen LogP contribution is -2.08. The first-order valence-corrected chi connectivity index (χ1v) is 9.42. The van der Waals surface area contributed by atoms with E-state index in [1.54, 1.807) is 48.5 Å². The molecule has 27 heavy (non-hydrogen) atoms. The van der Waals surface area contributed by atoms with Gasteiger partial charge < -0.3 is 14.2 Å². The first-order valence-electron chi connectivity index (χ1n) is 9.42. The second-order valence-corrected chi connectivity index (χ2v) is 6.44. The molecule has 0 bridgehead atoms. The van der Waals surface area contributed by atoms with Crippen LogP contribution in [0.3, 0.4) is 0 Å². The summed E-state index contributed by atoms with van der Waals surface area (Å²) in [7, 11) is 0. The predicted molar refractivity (Wildman–Crippen MR) is 108 cm³/mol. The Balaban J connectivity index is 1.81. The lowest BCUT2D eigenvalue weighted by atomic mass is 10.1. The van der Waals surface area contributed by atoms with E-state index < -0.39 is 5.97 Å². The van der Waals surface area contributed by atoms with Gasteiger partial charge in [0.2, 0.25) is 0 Å². The second kappa shape index (κ2) is 11.1. The van der Waals surface area contributed by atoms with Crippen LogP contribution in [0.25, 0.3) is 0 Å². The molecule has 0 aromatic heterocycles. The highest BCUT2D eigenvalue weighted by Crippen LogP contribution is 2.20. The number of hydrogen-bond donors (Lipinski definition) is 0. The second-order valence-electron chi connectivity index (χ2n) is 6.44. The van der Waals surface area contributed by atoms with Gasteiger partial charge in [0.25, 0.3) is 0 Å². The summed E-state index contributed by atoms with van der Waals surface area (Å²) in [5, 5.41) is 0. The quantitative estimate of drug-likeness (QED) is 0.222. The molecule has 4 nitrogen and oxygen atoms in total. The Kier molecular flexibility index (Phi) is 8.43. The molecule has 0 heterocycles. The first kappa shape index (κ1) is 20.6. The van der Waals surface area contributed by atoms with Crippen LogP contribution in [0.15, 0.2) is 61.2 Å². The van der Waals surface area contributed by atoms with Gasteiger partial charge in [-0.15, -0.1) is 6.58 Å². The third kappa shape index (κ3) is 7.18. The molecule has 0 saturated heterocycles. The van der Waals surface area contributed by atoms with Crippen molar-refractivity contribution in [2.24, 2.45) is 5.92 Å². The number of allylic oxidation sites excluding steroid dienone is 1. The van der Waals surface area contributed by atoms with Crippen molar-refractivity contribution in [2.75, 3.05) is 13.2 Å². The largest absolute Gasteiger partial charge is 0.494 e. The van der Waals surface area contributed by atoms with Gasteiger partial charge in [0.05, 0.1) is 18.8 Å².